The number of hydrogen-bond acceptors (Lipinski definition) is 2. The van der Waals surface area contributed by atoms with Crippen molar-refractivity contribution in [2.75, 3.05) is 0 Å². The average molecular weight is 474 g/mol. The summed E-state index contributed by atoms with van der Waals surface area (Å²) in [4.78, 5) is 12.6. The number of ether oxygens (including phenoxy) is 1. The summed E-state index contributed by atoms with van der Waals surface area (Å²) in [6.07, 6.45) is -4.39. The van der Waals surface area contributed by atoms with Gasteiger partial charge in [0.15, 0.2) is 11.6 Å². The fourth-order valence-electron chi connectivity index (χ4n) is 3.00. The molecule has 0 spiro atoms. The quantitative estimate of drug-likeness (QED) is 0.385. The van der Waals surface area contributed by atoms with Crippen LogP contribution in [0, 0.1) is 12.7 Å². The zero-order valence-electron chi connectivity index (χ0n) is 16.3. The summed E-state index contributed by atoms with van der Waals surface area (Å²) in [6.45, 7) is 1.73. The number of aromatic nitrogens is 1. The van der Waals surface area contributed by atoms with Crippen LogP contribution in [0.4, 0.5) is 17.6 Å². The molecule has 0 unspecified atom stereocenters. The smallest absolute Gasteiger partial charge is 0.419 e. The summed E-state index contributed by atoms with van der Waals surface area (Å²) >= 11 is 12.2. The Morgan fingerprint density at radius 1 is 1.03 bits per heavy atom. The minimum atomic E-state index is -4.86. The number of hydrogen-bond donors (Lipinski definition) is 0. The Hall–Kier alpha value is -2.51. The first-order valence-corrected chi connectivity index (χ1v) is 9.95. The predicted molar refractivity (Wildman–Crippen MR) is 111 cm³/mol. The zero-order valence-corrected chi connectivity index (χ0v) is 17.8. The molecule has 9 heteroatoms. The molecule has 0 aliphatic heterocycles. The minimum Gasteiger partial charge on any atom is -0.484 e. The summed E-state index contributed by atoms with van der Waals surface area (Å²) in [6, 6.07) is 11.7. The number of nitrogens with zero attached hydrogens (tertiary/aromatic N) is 1. The highest BCUT2D eigenvalue weighted by Gasteiger charge is 2.35. The number of pyridine rings is 1. The van der Waals surface area contributed by atoms with E-state index in [2.05, 4.69) is 0 Å². The van der Waals surface area contributed by atoms with Crippen LogP contribution >= 0.6 is 23.2 Å². The molecule has 0 N–H and O–H groups in total. The van der Waals surface area contributed by atoms with Crippen LogP contribution in [0.1, 0.15) is 22.4 Å². The Morgan fingerprint density at radius 3 is 2.35 bits per heavy atom. The van der Waals surface area contributed by atoms with Gasteiger partial charge in [0.05, 0.1) is 16.3 Å². The molecule has 0 fully saturated rings. The molecule has 3 aromatic rings. The van der Waals surface area contributed by atoms with Gasteiger partial charge in [0.2, 0.25) is 0 Å². The number of alkyl halides is 3. The van der Waals surface area contributed by atoms with Crippen LogP contribution < -0.4 is 10.3 Å². The van der Waals surface area contributed by atoms with Crippen molar-refractivity contribution in [1.29, 1.82) is 0 Å². The van der Waals surface area contributed by atoms with E-state index in [-0.39, 0.29) is 22.3 Å². The summed E-state index contributed by atoms with van der Waals surface area (Å²) in [7, 11) is 0. The lowest BCUT2D eigenvalue weighted by molar-refractivity contribution is -0.140. The van der Waals surface area contributed by atoms with Gasteiger partial charge in [-0.3, -0.25) is 4.79 Å². The molecule has 0 saturated carbocycles. The van der Waals surface area contributed by atoms with Gasteiger partial charge >= 0.3 is 6.18 Å². The second kappa shape index (κ2) is 9.32. The van der Waals surface area contributed by atoms with E-state index in [1.807, 2.05) is 31.2 Å². The van der Waals surface area contributed by atoms with Crippen molar-refractivity contribution in [3.05, 3.63) is 97.1 Å². The normalized spacial score (nSPS) is 11.6. The Balaban J connectivity index is 1.88. The molecule has 1 aromatic heterocycles. The van der Waals surface area contributed by atoms with Crippen LogP contribution in [0.5, 0.6) is 5.75 Å². The molecule has 3 rings (SSSR count). The lowest BCUT2D eigenvalue weighted by atomic mass is 10.1. The van der Waals surface area contributed by atoms with Gasteiger partial charge in [-0.2, -0.15) is 13.2 Å². The van der Waals surface area contributed by atoms with E-state index in [1.165, 1.54) is 10.6 Å². The van der Waals surface area contributed by atoms with Gasteiger partial charge in [-0.25, -0.2) is 4.39 Å². The van der Waals surface area contributed by atoms with Gasteiger partial charge in [-0.1, -0.05) is 59.1 Å². The molecule has 0 aliphatic carbocycles. The maximum Gasteiger partial charge on any atom is 0.419 e. The first kappa shape index (κ1) is 23.2. The predicted octanol–water partition coefficient (Wildman–Crippen LogP) is 6.44. The monoisotopic (exact) mass is 473 g/mol. The minimum absolute atomic E-state index is 0.0842. The van der Waals surface area contributed by atoms with Gasteiger partial charge in [0.25, 0.3) is 5.56 Å². The van der Waals surface area contributed by atoms with E-state index in [4.69, 9.17) is 27.9 Å². The van der Waals surface area contributed by atoms with Crippen molar-refractivity contribution in [2.24, 2.45) is 0 Å². The number of halogens is 6. The average Bonchev–Trinajstić information content (AvgIpc) is 2.70. The molecule has 0 bridgehead atoms. The molecule has 3 nitrogen and oxygen atoms in total. The first-order chi connectivity index (χ1) is 14.6. The summed E-state index contributed by atoms with van der Waals surface area (Å²) in [5.41, 5.74) is 0.263. The summed E-state index contributed by atoms with van der Waals surface area (Å²) in [5.74, 6) is -2.13. The van der Waals surface area contributed by atoms with E-state index in [1.54, 1.807) is 0 Å². The first-order valence-electron chi connectivity index (χ1n) is 9.19. The highest BCUT2D eigenvalue weighted by atomic mass is 35.5. The fraction of sp³-hybridized carbons (Fsp3) is 0.227. The van der Waals surface area contributed by atoms with Gasteiger partial charge in [-0.05, 0) is 37.1 Å². The maximum absolute atomic E-state index is 14.3. The Kier molecular flexibility index (Phi) is 6.96. The number of rotatable bonds is 6. The maximum atomic E-state index is 14.3. The van der Waals surface area contributed by atoms with E-state index in [0.29, 0.717) is 12.5 Å². The molecule has 1 heterocycles. The van der Waals surface area contributed by atoms with Crippen LogP contribution in [0.3, 0.4) is 0 Å². The third kappa shape index (κ3) is 5.40. The number of benzene rings is 2. The third-order valence-corrected chi connectivity index (χ3v) is 5.28. The van der Waals surface area contributed by atoms with E-state index >= 15 is 0 Å². The molecule has 31 heavy (non-hydrogen) atoms. The zero-order chi connectivity index (χ0) is 22.8. The molecule has 0 saturated heterocycles. The molecule has 164 valence electrons. The Labute approximate surface area is 185 Å². The van der Waals surface area contributed by atoms with Crippen molar-refractivity contribution in [1.82, 2.24) is 4.57 Å². The molecule has 0 aliphatic rings. The molecular formula is C22H17Cl2F4NO2. The van der Waals surface area contributed by atoms with E-state index in [0.717, 1.165) is 23.3 Å². The van der Waals surface area contributed by atoms with Crippen LogP contribution in [-0.4, -0.2) is 4.57 Å². The fourth-order valence-corrected chi connectivity index (χ4v) is 3.54. The van der Waals surface area contributed by atoms with Crippen molar-refractivity contribution in [3.8, 4) is 5.75 Å². The van der Waals surface area contributed by atoms with Crippen molar-refractivity contribution < 1.29 is 22.3 Å². The third-order valence-electron chi connectivity index (χ3n) is 4.68. The standard InChI is InChI=1S/C22H17Cl2F4NO2/c1-13-5-7-14(8-6-13)9-10-29-18(16(23)11-17(24)21(29)30)12-31-19-4-2-3-15(20(19)25)22(26,27)28/h2-8,11H,9-10,12H2,1H3. The SMILES string of the molecule is Cc1ccc(CCn2c(COc3cccc(C(F)(F)F)c3F)c(Cl)cc(Cl)c2=O)cc1. The lowest BCUT2D eigenvalue weighted by Crippen LogP contribution is -2.26. The van der Waals surface area contributed by atoms with E-state index < -0.39 is 35.5 Å². The van der Waals surface area contributed by atoms with Crippen molar-refractivity contribution in [2.45, 2.75) is 32.7 Å². The summed E-state index contributed by atoms with van der Waals surface area (Å²) < 4.78 is 59.6. The van der Waals surface area contributed by atoms with Crippen molar-refractivity contribution >= 4 is 23.2 Å². The van der Waals surface area contributed by atoms with Crippen LogP contribution in [0.25, 0.3) is 0 Å². The Bertz CT molecular complexity index is 1140. The van der Waals surface area contributed by atoms with Gasteiger partial charge in [0.1, 0.15) is 11.6 Å². The second-order valence-electron chi connectivity index (χ2n) is 6.88. The highest BCUT2D eigenvalue weighted by molar-refractivity contribution is 6.34. The molecule has 0 atom stereocenters. The number of aryl methyl sites for hydroxylation is 2. The van der Waals surface area contributed by atoms with Crippen LogP contribution in [-0.2, 0) is 25.7 Å². The summed E-state index contributed by atoms with van der Waals surface area (Å²) in [5, 5.41) is -0.0243. The van der Waals surface area contributed by atoms with Gasteiger partial charge in [-0.15, -0.1) is 0 Å². The molecule has 0 amide bonds. The largest absolute Gasteiger partial charge is 0.484 e. The van der Waals surface area contributed by atoms with Crippen LogP contribution in [0.15, 0.2) is 53.3 Å². The Morgan fingerprint density at radius 2 is 1.71 bits per heavy atom. The topological polar surface area (TPSA) is 31.2 Å². The highest BCUT2D eigenvalue weighted by Crippen LogP contribution is 2.35. The van der Waals surface area contributed by atoms with Gasteiger partial charge < -0.3 is 9.30 Å². The second-order valence-corrected chi connectivity index (χ2v) is 7.70. The van der Waals surface area contributed by atoms with Crippen molar-refractivity contribution in [3.63, 3.8) is 0 Å². The molecule has 2 aromatic carbocycles. The van der Waals surface area contributed by atoms with E-state index in [9.17, 15) is 22.4 Å². The van der Waals surface area contributed by atoms with Crippen LogP contribution in [0.2, 0.25) is 10.0 Å². The van der Waals surface area contributed by atoms with Gasteiger partial charge in [0, 0.05) is 6.54 Å². The lowest BCUT2D eigenvalue weighted by Gasteiger charge is -2.17. The molecular weight excluding hydrogens is 457 g/mol. The molecule has 0 radical (unpaired) electrons.